The van der Waals surface area contributed by atoms with Crippen molar-refractivity contribution in [2.45, 2.75) is 51.6 Å². The van der Waals surface area contributed by atoms with Crippen LogP contribution in [0.4, 0.5) is 0 Å². The summed E-state index contributed by atoms with van der Waals surface area (Å²) in [4.78, 5) is 2.72. The topological polar surface area (TPSA) is 29.3 Å². The third-order valence-corrected chi connectivity index (χ3v) is 6.09. The highest BCUT2D eigenvalue weighted by molar-refractivity contribution is 7.99. The average Bonchev–Trinajstić information content (AvgIpc) is 2.65. The van der Waals surface area contributed by atoms with Crippen LogP contribution in [0.15, 0.2) is 0 Å². The highest BCUT2D eigenvalue weighted by Crippen LogP contribution is 2.47. The highest BCUT2D eigenvalue weighted by atomic mass is 32.2. The molecule has 0 aromatic rings. The minimum atomic E-state index is 0.242. The van der Waals surface area contributed by atoms with Crippen LogP contribution in [0.5, 0.6) is 0 Å². The van der Waals surface area contributed by atoms with E-state index < -0.39 is 0 Å². The third kappa shape index (κ3) is 1.81. The van der Waals surface area contributed by atoms with Crippen LogP contribution in [0.25, 0.3) is 0 Å². The molecule has 2 aliphatic rings. The van der Waals surface area contributed by atoms with Gasteiger partial charge in [-0.25, -0.2) is 0 Å². The van der Waals surface area contributed by atoms with Crippen molar-refractivity contribution >= 4 is 11.8 Å². The van der Waals surface area contributed by atoms with Crippen LogP contribution in [0.2, 0.25) is 0 Å². The second kappa shape index (κ2) is 4.51. The molecule has 16 heavy (non-hydrogen) atoms. The third-order valence-electron chi connectivity index (χ3n) is 4.91. The van der Waals surface area contributed by atoms with E-state index in [4.69, 9.17) is 5.73 Å². The van der Waals surface area contributed by atoms with Crippen LogP contribution < -0.4 is 5.73 Å². The normalized spacial score (nSPS) is 40.1. The number of nitrogens with zero attached hydrogens (tertiary/aromatic N) is 1. The molecule has 2 nitrogen and oxygen atoms in total. The van der Waals surface area contributed by atoms with E-state index >= 15 is 0 Å². The van der Waals surface area contributed by atoms with Gasteiger partial charge in [-0.3, -0.25) is 4.90 Å². The van der Waals surface area contributed by atoms with Crippen molar-refractivity contribution in [3.63, 3.8) is 0 Å². The summed E-state index contributed by atoms with van der Waals surface area (Å²) < 4.78 is 0. The number of rotatable bonds is 2. The van der Waals surface area contributed by atoms with E-state index in [2.05, 4.69) is 37.4 Å². The van der Waals surface area contributed by atoms with Gasteiger partial charge in [-0.2, -0.15) is 11.8 Å². The molecule has 2 unspecified atom stereocenters. The maximum absolute atomic E-state index is 6.20. The fourth-order valence-electron chi connectivity index (χ4n) is 3.49. The predicted octanol–water partition coefficient (Wildman–Crippen LogP) is 2.33. The Kier molecular flexibility index (Phi) is 3.58. The van der Waals surface area contributed by atoms with E-state index in [-0.39, 0.29) is 5.54 Å². The fourth-order valence-corrected chi connectivity index (χ4v) is 5.30. The molecule has 0 aliphatic carbocycles. The minimum absolute atomic E-state index is 0.242. The molecule has 0 spiro atoms. The lowest BCUT2D eigenvalue weighted by Crippen LogP contribution is -2.66. The van der Waals surface area contributed by atoms with E-state index in [1.54, 1.807) is 0 Å². The first-order valence-corrected chi connectivity index (χ1v) is 7.73. The lowest BCUT2D eigenvalue weighted by molar-refractivity contribution is -0.00339. The van der Waals surface area contributed by atoms with Crippen molar-refractivity contribution in [2.24, 2.45) is 11.1 Å². The molecule has 2 rings (SSSR count). The smallest absolute Gasteiger partial charge is 0.0475 e. The number of likely N-dealkylation sites (tertiary alicyclic amines) is 1. The van der Waals surface area contributed by atoms with Gasteiger partial charge in [-0.1, -0.05) is 13.8 Å². The Balaban J connectivity index is 2.28. The molecular formula is C13H26N2S. The van der Waals surface area contributed by atoms with Crippen molar-refractivity contribution in [3.8, 4) is 0 Å². The lowest BCUT2D eigenvalue weighted by atomic mass is 9.69. The van der Waals surface area contributed by atoms with Crippen LogP contribution in [0, 0.1) is 5.41 Å². The summed E-state index contributed by atoms with van der Waals surface area (Å²) in [6.07, 6.45) is 4.00. The van der Waals surface area contributed by atoms with Gasteiger partial charge < -0.3 is 5.73 Å². The Morgan fingerprint density at radius 2 is 2.19 bits per heavy atom. The molecule has 2 atom stereocenters. The van der Waals surface area contributed by atoms with E-state index in [9.17, 15) is 0 Å². The molecule has 0 bridgehead atoms. The summed E-state index contributed by atoms with van der Waals surface area (Å²) in [6.45, 7) is 9.29. The van der Waals surface area contributed by atoms with Crippen LogP contribution in [0.3, 0.4) is 0 Å². The predicted molar refractivity (Wildman–Crippen MR) is 72.9 cm³/mol. The molecule has 0 saturated carbocycles. The Labute approximate surface area is 104 Å². The molecular weight excluding hydrogens is 216 g/mol. The molecule has 2 aliphatic heterocycles. The van der Waals surface area contributed by atoms with Crippen LogP contribution in [-0.2, 0) is 0 Å². The van der Waals surface area contributed by atoms with Gasteiger partial charge in [-0.15, -0.1) is 0 Å². The first kappa shape index (κ1) is 12.7. The second-order valence-electron chi connectivity index (χ2n) is 6.11. The molecule has 0 aromatic heterocycles. The molecule has 3 heteroatoms. The Bertz CT molecular complexity index is 254. The molecule has 2 saturated heterocycles. The van der Waals surface area contributed by atoms with E-state index in [0.29, 0.717) is 5.41 Å². The van der Waals surface area contributed by atoms with Gasteiger partial charge in [0.25, 0.3) is 0 Å². The Morgan fingerprint density at radius 3 is 2.69 bits per heavy atom. The van der Waals surface area contributed by atoms with Gasteiger partial charge in [-0.05, 0) is 43.9 Å². The Hall–Kier alpha value is 0.270. The monoisotopic (exact) mass is 242 g/mol. The van der Waals surface area contributed by atoms with Crippen molar-refractivity contribution in [3.05, 3.63) is 0 Å². The molecule has 0 amide bonds. The average molecular weight is 242 g/mol. The molecule has 2 fully saturated rings. The minimum Gasteiger partial charge on any atom is -0.329 e. The van der Waals surface area contributed by atoms with Crippen LogP contribution >= 0.6 is 11.8 Å². The fraction of sp³-hybridized carbons (Fsp3) is 1.00. The number of thioether (sulfide) groups is 1. The molecule has 0 aromatic carbocycles. The summed E-state index contributed by atoms with van der Waals surface area (Å²) >= 11 is 2.10. The van der Waals surface area contributed by atoms with Crippen LogP contribution in [0.1, 0.15) is 40.0 Å². The zero-order valence-electron chi connectivity index (χ0n) is 11.0. The van der Waals surface area contributed by atoms with Gasteiger partial charge in [0.15, 0.2) is 0 Å². The first-order valence-electron chi connectivity index (χ1n) is 6.58. The molecule has 0 radical (unpaired) electrons. The molecule has 2 N–H and O–H groups in total. The maximum atomic E-state index is 6.20. The van der Waals surface area contributed by atoms with E-state index in [1.165, 1.54) is 37.3 Å². The quantitative estimate of drug-likeness (QED) is 0.806. The van der Waals surface area contributed by atoms with Crippen molar-refractivity contribution in [1.29, 1.82) is 0 Å². The number of hydrogen-bond acceptors (Lipinski definition) is 3. The SMILES string of the molecule is CC1CCCN1C1(CN)CSCCC1(C)C. The van der Waals surface area contributed by atoms with Crippen LogP contribution in [-0.4, -0.2) is 41.1 Å². The largest absolute Gasteiger partial charge is 0.329 e. The zero-order valence-corrected chi connectivity index (χ0v) is 11.8. The van der Waals surface area contributed by atoms with Crippen molar-refractivity contribution in [2.75, 3.05) is 24.6 Å². The standard InChI is InChI=1S/C13H26N2S/c1-11-5-4-7-15(11)13(9-14)10-16-8-6-12(13,2)3/h11H,4-10,14H2,1-3H3. The van der Waals surface area contributed by atoms with E-state index in [0.717, 1.165) is 12.6 Å². The van der Waals surface area contributed by atoms with Gasteiger partial charge >= 0.3 is 0 Å². The van der Waals surface area contributed by atoms with Crippen molar-refractivity contribution in [1.82, 2.24) is 4.90 Å². The van der Waals surface area contributed by atoms with Gasteiger partial charge in [0.1, 0.15) is 0 Å². The maximum Gasteiger partial charge on any atom is 0.0475 e. The highest BCUT2D eigenvalue weighted by Gasteiger charge is 2.51. The summed E-state index contributed by atoms with van der Waals surface area (Å²) in [5.74, 6) is 2.53. The second-order valence-corrected chi connectivity index (χ2v) is 7.21. The first-order chi connectivity index (χ1) is 7.53. The van der Waals surface area contributed by atoms with Gasteiger partial charge in [0.05, 0.1) is 0 Å². The summed E-state index contributed by atoms with van der Waals surface area (Å²) in [6, 6.07) is 0.724. The van der Waals surface area contributed by atoms with E-state index in [1.807, 2.05) is 0 Å². The molecule has 94 valence electrons. The number of hydrogen-bond donors (Lipinski definition) is 1. The van der Waals surface area contributed by atoms with Crippen molar-refractivity contribution < 1.29 is 0 Å². The zero-order chi connectivity index (χ0) is 11.8. The Morgan fingerprint density at radius 1 is 1.44 bits per heavy atom. The van der Waals surface area contributed by atoms with Gasteiger partial charge in [0.2, 0.25) is 0 Å². The molecule has 2 heterocycles. The summed E-state index contributed by atoms with van der Waals surface area (Å²) in [7, 11) is 0. The summed E-state index contributed by atoms with van der Waals surface area (Å²) in [5, 5.41) is 0. The van der Waals surface area contributed by atoms with Gasteiger partial charge in [0, 0.05) is 23.9 Å². The number of nitrogens with two attached hydrogens (primary N) is 1. The summed E-state index contributed by atoms with van der Waals surface area (Å²) in [5.41, 5.74) is 6.81. The lowest BCUT2D eigenvalue weighted by Gasteiger charge is -2.56.